The van der Waals surface area contributed by atoms with Crippen molar-refractivity contribution in [1.82, 2.24) is 0 Å². The van der Waals surface area contributed by atoms with Gasteiger partial charge in [0.25, 0.3) is 0 Å². The molecule has 0 aliphatic heterocycles. The summed E-state index contributed by atoms with van der Waals surface area (Å²) in [5.41, 5.74) is 1.96. The van der Waals surface area contributed by atoms with Crippen LogP contribution in [0.15, 0.2) is 122 Å². The summed E-state index contributed by atoms with van der Waals surface area (Å²) in [6.45, 7) is 8.78. The van der Waals surface area contributed by atoms with Crippen LogP contribution in [0.3, 0.4) is 0 Å². The molecule has 0 spiro atoms. The molecule has 6 rings (SSSR count). The molecule has 0 N–H and O–H groups in total. The van der Waals surface area contributed by atoms with Crippen molar-refractivity contribution in [1.29, 1.82) is 0 Å². The lowest BCUT2D eigenvalue weighted by Crippen LogP contribution is -2.71. The summed E-state index contributed by atoms with van der Waals surface area (Å²) in [4.78, 5) is 0. The summed E-state index contributed by atoms with van der Waals surface area (Å²) in [6, 6.07) is 19.1. The quantitative estimate of drug-likeness (QED) is 0.0302. The van der Waals surface area contributed by atoms with Gasteiger partial charge >= 0.3 is 71.6 Å². The third-order valence-electron chi connectivity index (χ3n) is 20.3. The Morgan fingerprint density at radius 1 is 0.365 bits per heavy atom. The second-order valence-corrected chi connectivity index (χ2v) is 29.1. The van der Waals surface area contributed by atoms with Crippen molar-refractivity contribution < 1.29 is 137 Å². The van der Waals surface area contributed by atoms with Crippen molar-refractivity contribution >= 4 is 12.2 Å². The van der Waals surface area contributed by atoms with Crippen LogP contribution in [0.2, 0.25) is 0 Å². The van der Waals surface area contributed by atoms with E-state index in [0.29, 0.717) is 36.8 Å². The number of alkyl halides is 26. The number of likely N-dealkylation sites (N-methyl/N-ethyl adjacent to an activating group) is 1. The number of rotatable bonds is 34. The van der Waals surface area contributed by atoms with Crippen LogP contribution in [-0.4, -0.2) is 162 Å². The van der Waals surface area contributed by atoms with Gasteiger partial charge in [-0.05, 0) is 142 Å². The zero-order valence-corrected chi connectivity index (χ0v) is 58.6. The number of unbranched alkanes of at least 4 members (excludes halogenated alkanes) is 1. The maximum atomic E-state index is 15.5. The summed E-state index contributed by atoms with van der Waals surface area (Å²) in [7, 11) is 9.95. The molecule has 104 heavy (non-hydrogen) atoms. The molecule has 5 nitrogen and oxygen atoms in total. The average molecular weight is 1540 g/mol. The third-order valence-corrected chi connectivity index (χ3v) is 20.3. The van der Waals surface area contributed by atoms with Crippen LogP contribution in [0.1, 0.15) is 96.1 Å². The van der Waals surface area contributed by atoms with Crippen LogP contribution in [0.5, 0.6) is 0 Å². The molecule has 31 heteroatoms. The highest BCUT2D eigenvalue weighted by atomic mass is 19.4. The molecule has 0 heterocycles. The molecule has 4 fully saturated rings. The molecule has 4 saturated carbocycles. The SMILES string of the molecule is CCCC[N+](C)(C)CC1CC(/C=C/C2CC(/C=C\OCC)C(C(F)(F)C(F)(F)C(F)(F)C(F)(F)C(F)(F)C(F)(F)F)C2)CC1/C=C\c1ccccc1.CCO/C=C\C1CC(/C=C/C2CC(/C=C\c3ccccc3)C(C[N+](C)(C)CCOC)C2)CC1C(F)(F)C(F)(F)C(F)(F)C(F)(F)C(F)(F)C(F)(F)F. The van der Waals surface area contributed by atoms with Gasteiger partial charge in [-0.25, -0.2) is 0 Å². The first-order chi connectivity index (χ1) is 47.7. The minimum absolute atomic E-state index is 0.0166. The number of allylic oxidation sites excluding steroid dienone is 8. The monoisotopic (exact) mass is 1540 g/mol. The smallest absolute Gasteiger partial charge is 0.460 e. The summed E-state index contributed by atoms with van der Waals surface area (Å²) in [5, 5.41) is 0. The topological polar surface area (TPSA) is 27.7 Å². The molecular formula is C73H92F26N2O3+2. The molecule has 4 aliphatic rings. The van der Waals surface area contributed by atoms with Gasteiger partial charge in [-0.15, -0.1) is 0 Å². The number of methoxy groups -OCH3 is 1. The summed E-state index contributed by atoms with van der Waals surface area (Å²) >= 11 is 0. The number of quaternary nitrogens is 2. The van der Waals surface area contributed by atoms with Gasteiger partial charge in [0.1, 0.15) is 6.54 Å². The van der Waals surface area contributed by atoms with Crippen molar-refractivity contribution in [3.8, 4) is 0 Å². The highest BCUT2D eigenvalue weighted by molar-refractivity contribution is 5.50. The molecule has 592 valence electrons. The Hall–Kier alpha value is -5.46. The molecule has 12 unspecified atom stereocenters. The van der Waals surface area contributed by atoms with Gasteiger partial charge in [-0.1, -0.05) is 123 Å². The second kappa shape index (κ2) is 34.4. The van der Waals surface area contributed by atoms with Gasteiger partial charge in [-0.2, -0.15) is 114 Å². The molecule has 4 aliphatic carbocycles. The largest absolute Gasteiger partial charge is 0.502 e. The number of nitrogens with zero attached hydrogens (tertiary/aromatic N) is 2. The Kier molecular flexibility index (Phi) is 29.5. The van der Waals surface area contributed by atoms with Gasteiger partial charge in [0, 0.05) is 30.8 Å². The molecule has 0 aromatic heterocycles. The lowest BCUT2D eigenvalue weighted by molar-refractivity contribution is -0.894. The molecule has 2 aromatic carbocycles. The van der Waals surface area contributed by atoms with E-state index in [1.54, 1.807) is 19.3 Å². The molecule has 0 amide bonds. The van der Waals surface area contributed by atoms with Crippen LogP contribution in [0, 0.1) is 71.0 Å². The minimum atomic E-state index is -7.93. The van der Waals surface area contributed by atoms with Crippen LogP contribution >= 0.6 is 0 Å². The van der Waals surface area contributed by atoms with Gasteiger partial charge < -0.3 is 23.2 Å². The standard InChI is InChI=1S/C37H47F13NO.C36H45F13NO2/c1-5-7-18-51(3,4)24-30-22-26(20-28(30)16-15-25-11-9-8-10-12-25)13-14-27-21-29(17-19-52-6-2)31(23-27)32(38,39)33(40,41)34(42,43)35(44,45)36(46,47)37(48,49)50;1-5-52-17-15-28-20-26(22-30(28)31(37,38)32(39,40)33(41,42)34(43,44)35(45,46)36(47,48)49)12-11-25-19-27(14-13-24-9-7-6-8-10-24)29(21-25)23-50(2,3)16-18-51-4/h8-17,19,26-31H,5-7,18,20-24H2,1-4H3;6-15,17,25-30H,5,16,18-23H2,1-4H3/q2*+1/b14-13+,16-15-,19-17-;12-11+,14-13-,17-15-. The van der Waals surface area contributed by atoms with Crippen molar-refractivity contribution in [3.05, 3.63) is 133 Å². The van der Waals surface area contributed by atoms with E-state index in [-0.39, 0.29) is 61.6 Å². The van der Waals surface area contributed by atoms with Crippen LogP contribution in [0.4, 0.5) is 114 Å². The van der Waals surface area contributed by atoms with Crippen molar-refractivity contribution in [3.63, 3.8) is 0 Å². The maximum Gasteiger partial charge on any atom is 0.460 e. The predicted octanol–water partition coefficient (Wildman–Crippen LogP) is 22.3. The Labute approximate surface area is 589 Å². The Morgan fingerprint density at radius 3 is 0.981 bits per heavy atom. The summed E-state index contributed by atoms with van der Waals surface area (Å²) in [6.07, 6.45) is 5.11. The van der Waals surface area contributed by atoms with E-state index in [9.17, 15) is 96.6 Å². The molecule has 0 bridgehead atoms. The normalized spacial score (nSPS) is 26.0. The number of ether oxygens (including phenoxy) is 3. The fraction of sp³-hybridized carbons (Fsp3) is 0.671. The zero-order valence-electron chi connectivity index (χ0n) is 58.6. The first kappa shape index (κ1) is 89.2. The predicted molar refractivity (Wildman–Crippen MR) is 342 cm³/mol. The van der Waals surface area contributed by atoms with Crippen LogP contribution in [0.25, 0.3) is 12.2 Å². The van der Waals surface area contributed by atoms with E-state index < -0.39 is 120 Å². The van der Waals surface area contributed by atoms with Crippen molar-refractivity contribution in [2.75, 3.05) is 81.3 Å². The molecule has 0 radical (unpaired) electrons. The van der Waals surface area contributed by atoms with Gasteiger partial charge in [0.15, 0.2) is 0 Å². The van der Waals surface area contributed by atoms with Gasteiger partial charge in [0.2, 0.25) is 0 Å². The minimum Gasteiger partial charge on any atom is -0.502 e. The number of hydrogen-bond donors (Lipinski definition) is 0. The average Bonchev–Trinajstić information content (AvgIpc) is 0.911. The first-order valence-electron chi connectivity index (χ1n) is 34.2. The van der Waals surface area contributed by atoms with E-state index in [0.717, 1.165) is 79.3 Å². The number of hydrogen-bond acceptors (Lipinski definition) is 3. The molecular weight excluding hydrogens is 1450 g/mol. The fourth-order valence-corrected chi connectivity index (χ4v) is 14.5. The van der Waals surface area contributed by atoms with Crippen molar-refractivity contribution in [2.45, 2.75) is 157 Å². The lowest BCUT2D eigenvalue weighted by Gasteiger charge is -2.42. The Morgan fingerprint density at radius 2 is 0.673 bits per heavy atom. The van der Waals surface area contributed by atoms with E-state index in [1.807, 2.05) is 86.9 Å². The second-order valence-electron chi connectivity index (χ2n) is 29.1. The molecule has 0 saturated heterocycles. The van der Waals surface area contributed by atoms with E-state index in [1.165, 1.54) is 26.0 Å². The van der Waals surface area contributed by atoms with E-state index in [2.05, 4.69) is 33.2 Å². The molecule has 12 atom stereocenters. The zero-order chi connectivity index (χ0) is 78.8. The third kappa shape index (κ3) is 19.9. The lowest BCUT2D eigenvalue weighted by atomic mass is 9.82. The summed E-state index contributed by atoms with van der Waals surface area (Å²) in [5.74, 6) is -84.7. The van der Waals surface area contributed by atoms with Gasteiger partial charge in [-0.3, -0.25) is 0 Å². The van der Waals surface area contributed by atoms with Crippen LogP contribution in [-0.2, 0) is 14.2 Å². The summed E-state index contributed by atoms with van der Waals surface area (Å²) < 4.78 is 381. The fourth-order valence-electron chi connectivity index (χ4n) is 14.5. The highest BCUT2D eigenvalue weighted by Crippen LogP contribution is 2.66. The maximum absolute atomic E-state index is 15.5. The highest BCUT2D eigenvalue weighted by Gasteiger charge is 2.93. The number of halogens is 26. The Balaban J connectivity index is 0.000000374. The van der Waals surface area contributed by atoms with Crippen LogP contribution < -0.4 is 0 Å². The first-order valence-corrected chi connectivity index (χ1v) is 34.2. The Bertz CT molecular complexity index is 2950. The molecule has 2 aromatic rings. The van der Waals surface area contributed by atoms with E-state index in [4.69, 9.17) is 14.2 Å². The number of benzene rings is 2. The van der Waals surface area contributed by atoms with E-state index >= 15 is 17.6 Å². The van der Waals surface area contributed by atoms with Gasteiger partial charge in [0.05, 0.1) is 80.2 Å². The van der Waals surface area contributed by atoms with Crippen molar-refractivity contribution in [2.24, 2.45) is 71.0 Å².